The lowest BCUT2D eigenvalue weighted by Crippen LogP contribution is -2.32. The van der Waals surface area contributed by atoms with Gasteiger partial charge < -0.3 is 10.2 Å². The molecule has 2 atom stereocenters. The van der Waals surface area contributed by atoms with Crippen LogP contribution in [-0.4, -0.2) is 40.8 Å². The summed E-state index contributed by atoms with van der Waals surface area (Å²) in [5.74, 6) is -0.999. The van der Waals surface area contributed by atoms with Crippen LogP contribution in [0.4, 0.5) is 0 Å². The predicted octanol–water partition coefficient (Wildman–Crippen LogP) is 2.17. The minimum atomic E-state index is -0.999. The van der Waals surface area contributed by atoms with Crippen LogP contribution in [0.5, 0.6) is 0 Å². The third kappa shape index (κ3) is 4.29. The van der Waals surface area contributed by atoms with E-state index in [-0.39, 0.29) is 12.5 Å². The lowest BCUT2D eigenvalue weighted by atomic mass is 10.1. The summed E-state index contributed by atoms with van der Waals surface area (Å²) >= 11 is 6.10. The van der Waals surface area contributed by atoms with E-state index >= 15 is 0 Å². The molecule has 0 aromatic heterocycles. The van der Waals surface area contributed by atoms with Crippen LogP contribution in [0.3, 0.4) is 0 Å². The van der Waals surface area contributed by atoms with Crippen molar-refractivity contribution in [1.82, 2.24) is 4.90 Å². The summed E-state index contributed by atoms with van der Waals surface area (Å²) in [5, 5.41) is 18.9. The van der Waals surface area contributed by atoms with Crippen LogP contribution in [-0.2, 0) is 4.79 Å². The Morgan fingerprint density at radius 2 is 2.06 bits per heavy atom. The fourth-order valence-electron chi connectivity index (χ4n) is 1.81. The molecule has 0 aliphatic carbocycles. The predicted molar refractivity (Wildman–Crippen MR) is 70.8 cm³/mol. The zero-order chi connectivity index (χ0) is 13.7. The second-order valence-corrected chi connectivity index (χ2v) is 4.80. The number of carboxylic acids is 1. The zero-order valence-electron chi connectivity index (χ0n) is 10.5. The molecule has 0 saturated carbocycles. The normalized spacial score (nSPS) is 14.5. The van der Waals surface area contributed by atoms with E-state index in [2.05, 4.69) is 0 Å². The largest absolute Gasteiger partial charge is 0.481 e. The van der Waals surface area contributed by atoms with Crippen LogP contribution < -0.4 is 0 Å². The van der Waals surface area contributed by atoms with Gasteiger partial charge in [-0.1, -0.05) is 29.8 Å². The number of benzene rings is 1. The highest BCUT2D eigenvalue weighted by atomic mass is 35.5. The summed E-state index contributed by atoms with van der Waals surface area (Å²) < 4.78 is 0. The molecule has 2 N–H and O–H groups in total. The SMILES string of the molecule is CC(c1ccccc1Cl)N(C)CC(O)CC(=O)O. The van der Waals surface area contributed by atoms with Crippen molar-refractivity contribution in [2.24, 2.45) is 0 Å². The number of hydrogen-bond acceptors (Lipinski definition) is 3. The van der Waals surface area contributed by atoms with Crippen LogP contribution >= 0.6 is 11.6 Å². The molecule has 0 amide bonds. The number of aliphatic hydroxyl groups excluding tert-OH is 1. The Labute approximate surface area is 112 Å². The molecular weight excluding hydrogens is 254 g/mol. The van der Waals surface area contributed by atoms with Crippen LogP contribution in [0, 0.1) is 0 Å². The minimum Gasteiger partial charge on any atom is -0.481 e. The van der Waals surface area contributed by atoms with E-state index in [1.165, 1.54) is 0 Å². The van der Waals surface area contributed by atoms with Crippen molar-refractivity contribution in [2.75, 3.05) is 13.6 Å². The first-order valence-electron chi connectivity index (χ1n) is 5.76. The van der Waals surface area contributed by atoms with Gasteiger partial charge in [0.2, 0.25) is 0 Å². The maximum Gasteiger partial charge on any atom is 0.306 e. The highest BCUT2D eigenvalue weighted by Gasteiger charge is 2.18. The summed E-state index contributed by atoms with van der Waals surface area (Å²) in [6.45, 7) is 2.26. The van der Waals surface area contributed by atoms with Gasteiger partial charge in [-0.15, -0.1) is 0 Å². The second-order valence-electron chi connectivity index (χ2n) is 4.39. The Hall–Kier alpha value is -1.10. The van der Waals surface area contributed by atoms with Gasteiger partial charge in [-0.2, -0.15) is 0 Å². The summed E-state index contributed by atoms with van der Waals surface area (Å²) in [6.07, 6.45) is -1.13. The molecule has 0 aliphatic rings. The lowest BCUT2D eigenvalue weighted by molar-refractivity contribution is -0.139. The van der Waals surface area contributed by atoms with E-state index in [1.54, 1.807) is 0 Å². The van der Waals surface area contributed by atoms with Gasteiger partial charge in [-0.3, -0.25) is 9.69 Å². The molecule has 2 unspecified atom stereocenters. The topological polar surface area (TPSA) is 60.8 Å². The number of nitrogens with zero attached hydrogens (tertiary/aromatic N) is 1. The van der Waals surface area contributed by atoms with Gasteiger partial charge in [0.15, 0.2) is 0 Å². The summed E-state index contributed by atoms with van der Waals surface area (Å²) in [4.78, 5) is 12.4. The first-order chi connectivity index (χ1) is 8.41. The molecule has 1 aromatic rings. The highest BCUT2D eigenvalue weighted by Crippen LogP contribution is 2.26. The van der Waals surface area contributed by atoms with E-state index in [0.717, 1.165) is 5.56 Å². The lowest BCUT2D eigenvalue weighted by Gasteiger charge is -2.27. The van der Waals surface area contributed by atoms with Crippen molar-refractivity contribution in [3.05, 3.63) is 34.9 Å². The maximum absolute atomic E-state index is 10.5. The number of hydrogen-bond donors (Lipinski definition) is 2. The van der Waals surface area contributed by atoms with Crippen molar-refractivity contribution in [3.8, 4) is 0 Å². The fourth-order valence-corrected chi connectivity index (χ4v) is 2.10. The Morgan fingerprint density at radius 1 is 1.44 bits per heavy atom. The summed E-state index contributed by atoms with van der Waals surface area (Å²) in [7, 11) is 1.83. The Balaban J connectivity index is 2.64. The maximum atomic E-state index is 10.5. The van der Waals surface area contributed by atoms with E-state index in [0.29, 0.717) is 11.6 Å². The quantitative estimate of drug-likeness (QED) is 0.832. The fraction of sp³-hybridized carbons (Fsp3) is 0.462. The molecule has 0 bridgehead atoms. The van der Waals surface area contributed by atoms with E-state index in [4.69, 9.17) is 16.7 Å². The first kappa shape index (κ1) is 15.0. The van der Waals surface area contributed by atoms with E-state index in [1.807, 2.05) is 43.1 Å². The summed E-state index contributed by atoms with van der Waals surface area (Å²) in [5.41, 5.74) is 0.962. The molecule has 0 spiro atoms. The van der Waals surface area contributed by atoms with Crippen molar-refractivity contribution < 1.29 is 15.0 Å². The second kappa shape index (κ2) is 6.73. The number of rotatable bonds is 6. The van der Waals surface area contributed by atoms with Gasteiger partial charge in [0.1, 0.15) is 0 Å². The van der Waals surface area contributed by atoms with Crippen LogP contribution in [0.25, 0.3) is 0 Å². The number of carbonyl (C=O) groups is 1. The molecule has 0 aliphatic heterocycles. The first-order valence-corrected chi connectivity index (χ1v) is 6.14. The zero-order valence-corrected chi connectivity index (χ0v) is 11.3. The minimum absolute atomic E-state index is 0.0159. The van der Waals surface area contributed by atoms with Crippen LogP contribution in [0.2, 0.25) is 5.02 Å². The van der Waals surface area contributed by atoms with Crippen molar-refractivity contribution in [2.45, 2.75) is 25.5 Å². The average molecular weight is 272 g/mol. The molecule has 5 heteroatoms. The smallest absolute Gasteiger partial charge is 0.306 e. The monoisotopic (exact) mass is 271 g/mol. The highest BCUT2D eigenvalue weighted by molar-refractivity contribution is 6.31. The molecular formula is C13H18ClNO3. The van der Waals surface area contributed by atoms with Gasteiger partial charge in [0.05, 0.1) is 12.5 Å². The van der Waals surface area contributed by atoms with Gasteiger partial charge in [0.25, 0.3) is 0 Å². The number of carboxylic acid groups (broad SMARTS) is 1. The molecule has 100 valence electrons. The van der Waals surface area contributed by atoms with Gasteiger partial charge >= 0.3 is 5.97 Å². The third-order valence-electron chi connectivity index (χ3n) is 2.93. The molecule has 0 radical (unpaired) electrons. The van der Waals surface area contributed by atoms with Crippen LogP contribution in [0.15, 0.2) is 24.3 Å². The molecule has 0 heterocycles. The molecule has 0 fully saturated rings. The number of likely N-dealkylation sites (N-methyl/N-ethyl adjacent to an activating group) is 1. The molecule has 1 rings (SSSR count). The number of halogens is 1. The molecule has 1 aromatic carbocycles. The van der Waals surface area contributed by atoms with Crippen molar-refractivity contribution >= 4 is 17.6 Å². The third-order valence-corrected chi connectivity index (χ3v) is 3.27. The Kier molecular flexibility index (Phi) is 5.59. The van der Waals surface area contributed by atoms with Crippen molar-refractivity contribution in [1.29, 1.82) is 0 Å². The standard InChI is InChI=1S/C13H18ClNO3/c1-9(11-5-3-4-6-12(11)14)15(2)8-10(16)7-13(17)18/h3-6,9-10,16H,7-8H2,1-2H3,(H,17,18). The Bertz CT molecular complexity index is 411. The average Bonchev–Trinajstić information content (AvgIpc) is 2.27. The summed E-state index contributed by atoms with van der Waals surface area (Å²) in [6, 6.07) is 7.51. The number of aliphatic carboxylic acids is 1. The molecule has 4 nitrogen and oxygen atoms in total. The Morgan fingerprint density at radius 3 is 2.61 bits per heavy atom. The van der Waals surface area contributed by atoms with Gasteiger partial charge in [0, 0.05) is 17.6 Å². The van der Waals surface area contributed by atoms with E-state index in [9.17, 15) is 9.90 Å². The van der Waals surface area contributed by atoms with Crippen molar-refractivity contribution in [3.63, 3.8) is 0 Å². The van der Waals surface area contributed by atoms with Gasteiger partial charge in [-0.05, 0) is 25.6 Å². The van der Waals surface area contributed by atoms with Gasteiger partial charge in [-0.25, -0.2) is 0 Å². The molecule has 0 saturated heterocycles. The number of aliphatic hydroxyl groups is 1. The van der Waals surface area contributed by atoms with E-state index < -0.39 is 12.1 Å². The molecule has 18 heavy (non-hydrogen) atoms. The van der Waals surface area contributed by atoms with Crippen LogP contribution in [0.1, 0.15) is 24.9 Å².